The first-order valence-corrected chi connectivity index (χ1v) is 7.68. The smallest absolute Gasteiger partial charge is 0.227 e. The quantitative estimate of drug-likeness (QED) is 0.813. The summed E-state index contributed by atoms with van der Waals surface area (Å²) in [5.41, 5.74) is 0.00715. The predicted molar refractivity (Wildman–Crippen MR) is 90.2 cm³/mol. The SMILES string of the molecule is CCN[C@H](C)CNC(=O)C1CC(=O)N(c2ccc(F)cc2F)C1.Cl. The Hall–Kier alpha value is -1.73. The van der Waals surface area contributed by atoms with Gasteiger partial charge in [0.25, 0.3) is 0 Å². The Morgan fingerprint density at radius 1 is 1.42 bits per heavy atom. The van der Waals surface area contributed by atoms with Crippen LogP contribution in [0.15, 0.2) is 18.2 Å². The highest BCUT2D eigenvalue weighted by Gasteiger charge is 2.36. The highest BCUT2D eigenvalue weighted by atomic mass is 35.5. The lowest BCUT2D eigenvalue weighted by Gasteiger charge is -2.18. The number of carbonyl (C=O) groups is 2. The topological polar surface area (TPSA) is 61.4 Å². The summed E-state index contributed by atoms with van der Waals surface area (Å²) >= 11 is 0. The van der Waals surface area contributed by atoms with Crippen molar-refractivity contribution < 1.29 is 18.4 Å². The molecular weight excluding hydrogens is 340 g/mol. The van der Waals surface area contributed by atoms with Gasteiger partial charge in [-0.1, -0.05) is 6.92 Å². The third-order valence-corrected chi connectivity index (χ3v) is 3.83. The Bertz CT molecular complexity index is 601. The Morgan fingerprint density at radius 2 is 2.12 bits per heavy atom. The molecule has 2 rings (SSSR count). The average Bonchev–Trinajstić information content (AvgIpc) is 2.87. The van der Waals surface area contributed by atoms with Gasteiger partial charge in [0, 0.05) is 31.6 Å². The zero-order chi connectivity index (χ0) is 17.0. The van der Waals surface area contributed by atoms with E-state index in [4.69, 9.17) is 0 Å². The number of benzene rings is 1. The monoisotopic (exact) mass is 361 g/mol. The maximum atomic E-state index is 13.8. The molecule has 0 radical (unpaired) electrons. The van der Waals surface area contributed by atoms with E-state index < -0.39 is 17.6 Å². The van der Waals surface area contributed by atoms with E-state index in [1.54, 1.807) is 0 Å². The molecule has 1 unspecified atom stereocenters. The van der Waals surface area contributed by atoms with Crippen molar-refractivity contribution in [2.75, 3.05) is 24.5 Å². The molecule has 2 N–H and O–H groups in total. The van der Waals surface area contributed by atoms with Gasteiger partial charge in [-0.15, -0.1) is 12.4 Å². The molecule has 134 valence electrons. The highest BCUT2D eigenvalue weighted by Crippen LogP contribution is 2.27. The number of amides is 2. The fourth-order valence-corrected chi connectivity index (χ4v) is 2.63. The van der Waals surface area contributed by atoms with Crippen LogP contribution in [0.1, 0.15) is 20.3 Å². The van der Waals surface area contributed by atoms with Crippen LogP contribution in [0.25, 0.3) is 0 Å². The van der Waals surface area contributed by atoms with E-state index in [0.717, 1.165) is 18.7 Å². The standard InChI is InChI=1S/C16H21F2N3O2.ClH/c1-3-19-10(2)8-20-16(23)11-6-15(22)21(9-11)14-5-4-12(17)7-13(14)18;/h4-5,7,10-11,19H,3,6,8-9H2,1-2H3,(H,20,23);1H/t10-,11?;/m1./s1. The van der Waals surface area contributed by atoms with Crippen molar-refractivity contribution in [3.63, 3.8) is 0 Å². The van der Waals surface area contributed by atoms with Crippen LogP contribution >= 0.6 is 12.4 Å². The van der Waals surface area contributed by atoms with Crippen LogP contribution in [-0.4, -0.2) is 37.5 Å². The Kier molecular flexibility index (Phi) is 7.57. The maximum absolute atomic E-state index is 13.8. The molecule has 24 heavy (non-hydrogen) atoms. The number of nitrogens with one attached hydrogen (secondary N) is 2. The number of hydrogen-bond acceptors (Lipinski definition) is 3. The van der Waals surface area contributed by atoms with E-state index in [1.807, 2.05) is 13.8 Å². The van der Waals surface area contributed by atoms with Gasteiger partial charge in [-0.3, -0.25) is 9.59 Å². The molecule has 2 amide bonds. The third kappa shape index (κ3) is 4.88. The van der Waals surface area contributed by atoms with Gasteiger partial charge >= 0.3 is 0 Å². The van der Waals surface area contributed by atoms with Crippen LogP contribution in [-0.2, 0) is 9.59 Å². The lowest BCUT2D eigenvalue weighted by molar-refractivity contribution is -0.126. The average molecular weight is 362 g/mol. The van der Waals surface area contributed by atoms with Gasteiger partial charge in [-0.05, 0) is 25.6 Å². The zero-order valence-corrected chi connectivity index (χ0v) is 14.5. The molecule has 1 fully saturated rings. The highest BCUT2D eigenvalue weighted by molar-refractivity contribution is 6.00. The van der Waals surface area contributed by atoms with Gasteiger partial charge in [0.2, 0.25) is 11.8 Å². The Balaban J connectivity index is 0.00000288. The summed E-state index contributed by atoms with van der Waals surface area (Å²) in [5.74, 6) is -2.60. The van der Waals surface area contributed by atoms with Crippen molar-refractivity contribution in [3.05, 3.63) is 29.8 Å². The molecule has 1 aliphatic heterocycles. The molecule has 0 bridgehead atoms. The van der Waals surface area contributed by atoms with Gasteiger partial charge in [0.05, 0.1) is 11.6 Å². The van der Waals surface area contributed by atoms with Crippen molar-refractivity contribution in [1.29, 1.82) is 0 Å². The van der Waals surface area contributed by atoms with Gasteiger partial charge in [0.15, 0.2) is 0 Å². The van der Waals surface area contributed by atoms with Gasteiger partial charge in [0.1, 0.15) is 11.6 Å². The second-order valence-corrected chi connectivity index (χ2v) is 5.71. The third-order valence-electron chi connectivity index (χ3n) is 3.83. The van der Waals surface area contributed by atoms with E-state index in [-0.39, 0.29) is 48.9 Å². The van der Waals surface area contributed by atoms with E-state index in [1.165, 1.54) is 11.0 Å². The summed E-state index contributed by atoms with van der Waals surface area (Å²) < 4.78 is 26.8. The number of carbonyl (C=O) groups excluding carboxylic acids is 2. The van der Waals surface area contributed by atoms with Crippen molar-refractivity contribution in [3.8, 4) is 0 Å². The molecule has 1 aromatic carbocycles. The van der Waals surface area contributed by atoms with Crippen LogP contribution in [0.4, 0.5) is 14.5 Å². The minimum Gasteiger partial charge on any atom is -0.354 e. The van der Waals surface area contributed by atoms with Crippen LogP contribution in [0.2, 0.25) is 0 Å². The van der Waals surface area contributed by atoms with E-state index in [0.29, 0.717) is 6.54 Å². The molecule has 0 saturated carbocycles. The number of hydrogen-bond donors (Lipinski definition) is 2. The second-order valence-electron chi connectivity index (χ2n) is 5.71. The van der Waals surface area contributed by atoms with Crippen molar-refractivity contribution in [2.45, 2.75) is 26.3 Å². The molecule has 1 heterocycles. The summed E-state index contributed by atoms with van der Waals surface area (Å²) in [7, 11) is 0. The van der Waals surface area contributed by atoms with Crippen LogP contribution < -0.4 is 15.5 Å². The molecule has 8 heteroatoms. The number of anilines is 1. The second kappa shape index (κ2) is 8.94. The number of halogens is 3. The van der Waals surface area contributed by atoms with Gasteiger partial charge in [-0.2, -0.15) is 0 Å². The lowest BCUT2D eigenvalue weighted by atomic mass is 10.1. The minimum atomic E-state index is -0.805. The van der Waals surface area contributed by atoms with E-state index >= 15 is 0 Å². The summed E-state index contributed by atoms with van der Waals surface area (Å²) in [5, 5.41) is 5.96. The lowest BCUT2D eigenvalue weighted by Crippen LogP contribution is -2.41. The molecule has 1 aromatic rings. The van der Waals surface area contributed by atoms with Crippen LogP contribution in [0, 0.1) is 17.6 Å². The van der Waals surface area contributed by atoms with Crippen molar-refractivity contribution in [1.82, 2.24) is 10.6 Å². The molecular formula is C16H22ClF2N3O2. The van der Waals surface area contributed by atoms with Crippen molar-refractivity contribution in [2.24, 2.45) is 5.92 Å². The minimum absolute atomic E-state index is 0. The summed E-state index contributed by atoms with van der Waals surface area (Å²) in [6.07, 6.45) is 0.0260. The summed E-state index contributed by atoms with van der Waals surface area (Å²) in [6, 6.07) is 3.17. The first kappa shape index (κ1) is 20.3. The molecule has 1 saturated heterocycles. The zero-order valence-electron chi connectivity index (χ0n) is 13.6. The van der Waals surface area contributed by atoms with Crippen LogP contribution in [0.5, 0.6) is 0 Å². The van der Waals surface area contributed by atoms with Gasteiger partial charge < -0.3 is 15.5 Å². The van der Waals surface area contributed by atoms with Gasteiger partial charge in [-0.25, -0.2) is 8.78 Å². The molecule has 2 atom stereocenters. The molecule has 5 nitrogen and oxygen atoms in total. The molecule has 0 aliphatic carbocycles. The first-order chi connectivity index (χ1) is 10.9. The normalized spacial score (nSPS) is 18.2. The van der Waals surface area contributed by atoms with Crippen molar-refractivity contribution >= 4 is 29.9 Å². The predicted octanol–water partition coefficient (Wildman–Crippen LogP) is 1.85. The Morgan fingerprint density at radius 3 is 2.75 bits per heavy atom. The maximum Gasteiger partial charge on any atom is 0.227 e. The molecule has 0 spiro atoms. The van der Waals surface area contributed by atoms with E-state index in [9.17, 15) is 18.4 Å². The fourth-order valence-electron chi connectivity index (χ4n) is 2.63. The largest absolute Gasteiger partial charge is 0.354 e. The molecule has 1 aliphatic rings. The Labute approximate surface area is 146 Å². The number of rotatable bonds is 6. The summed E-state index contributed by atoms with van der Waals surface area (Å²) in [4.78, 5) is 25.4. The number of nitrogens with zero attached hydrogens (tertiary/aromatic N) is 1. The number of likely N-dealkylation sites (N-methyl/N-ethyl adjacent to an activating group) is 1. The first-order valence-electron chi connectivity index (χ1n) is 7.68. The van der Waals surface area contributed by atoms with Crippen LogP contribution in [0.3, 0.4) is 0 Å². The summed E-state index contributed by atoms with van der Waals surface area (Å²) in [6.45, 7) is 5.29. The van der Waals surface area contributed by atoms with E-state index in [2.05, 4.69) is 10.6 Å². The fraction of sp³-hybridized carbons (Fsp3) is 0.500. The molecule has 0 aromatic heterocycles.